The molecule has 1 fully saturated rings. The summed E-state index contributed by atoms with van der Waals surface area (Å²) in [4.78, 5) is 28.7. The minimum atomic E-state index is 0.0937. The van der Waals surface area contributed by atoms with Crippen molar-refractivity contribution < 1.29 is 9.59 Å². The predicted octanol–water partition coefficient (Wildman–Crippen LogP) is 2.79. The van der Waals surface area contributed by atoms with Gasteiger partial charge in [0.05, 0.1) is 6.54 Å². The average Bonchev–Trinajstić information content (AvgIpc) is 3.41. The molecule has 1 aliphatic carbocycles. The van der Waals surface area contributed by atoms with Gasteiger partial charge in [-0.2, -0.15) is 5.10 Å². The van der Waals surface area contributed by atoms with E-state index >= 15 is 0 Å². The average molecular weight is 379 g/mol. The summed E-state index contributed by atoms with van der Waals surface area (Å²) in [6, 6.07) is 8.03. The van der Waals surface area contributed by atoms with Crippen molar-refractivity contribution in [1.29, 1.82) is 0 Å². The van der Waals surface area contributed by atoms with Crippen molar-refractivity contribution in [3.05, 3.63) is 35.4 Å². The molecule has 2 aliphatic heterocycles. The van der Waals surface area contributed by atoms with E-state index in [2.05, 4.69) is 21.4 Å². The van der Waals surface area contributed by atoms with Gasteiger partial charge in [0, 0.05) is 43.4 Å². The summed E-state index contributed by atoms with van der Waals surface area (Å²) >= 11 is 0. The normalized spacial score (nSPS) is 19.1. The van der Waals surface area contributed by atoms with E-state index in [-0.39, 0.29) is 17.7 Å². The van der Waals surface area contributed by atoms with Crippen molar-refractivity contribution in [3.8, 4) is 0 Å². The number of carbonyl (C=O) groups excluding carboxylic acids is 2. The van der Waals surface area contributed by atoms with Gasteiger partial charge in [-0.1, -0.05) is 12.8 Å². The maximum absolute atomic E-state index is 12.4. The third-order valence-corrected chi connectivity index (χ3v) is 6.24. The Morgan fingerprint density at radius 1 is 1.14 bits per heavy atom. The summed E-state index contributed by atoms with van der Waals surface area (Å²) in [5.41, 5.74) is 2.98. The molecule has 0 bridgehead atoms. The van der Waals surface area contributed by atoms with Gasteiger partial charge < -0.3 is 15.1 Å². The number of likely N-dealkylation sites (N-methyl/N-ethyl adjacent to an activating group) is 1. The Labute approximate surface area is 164 Å². The molecule has 1 N–H and O–H groups in total. The lowest BCUT2D eigenvalue weighted by molar-refractivity contribution is -0.119. The molecule has 0 spiro atoms. The van der Waals surface area contributed by atoms with Crippen molar-refractivity contribution in [1.82, 2.24) is 14.7 Å². The van der Waals surface area contributed by atoms with Crippen LogP contribution in [0.1, 0.15) is 41.6 Å². The fraction of sp³-hybridized carbons (Fsp3) is 0.476. The van der Waals surface area contributed by atoms with Crippen LogP contribution in [0.15, 0.2) is 24.3 Å². The van der Waals surface area contributed by atoms with Crippen molar-refractivity contribution in [2.45, 2.75) is 38.6 Å². The highest BCUT2D eigenvalue weighted by Gasteiger charge is 2.28. The smallest absolute Gasteiger partial charge is 0.253 e. The molecule has 3 aliphatic rings. The largest absolute Gasteiger partial charge is 0.341 e. The standard InChI is InChI=1S/C21H25N5O2/c1-24-9-8-15-12-16(6-7-17(15)21(24)28)25-10-11-26-19(25)13-18(23-26)22-20(27)14-4-2-3-5-14/h6-7,12-14H,2-5,8-11H2,1H3,(H,22,23,27). The lowest BCUT2D eigenvalue weighted by atomic mass is 9.98. The fourth-order valence-electron chi connectivity index (χ4n) is 4.60. The summed E-state index contributed by atoms with van der Waals surface area (Å²) in [6.07, 6.45) is 5.12. The number of amides is 2. The van der Waals surface area contributed by atoms with Gasteiger partial charge in [0.2, 0.25) is 5.91 Å². The maximum atomic E-state index is 12.4. The van der Waals surface area contributed by atoms with Gasteiger partial charge in [0.1, 0.15) is 5.82 Å². The quantitative estimate of drug-likeness (QED) is 0.890. The van der Waals surface area contributed by atoms with Gasteiger partial charge in [-0.3, -0.25) is 9.59 Å². The molecule has 2 aromatic rings. The first-order chi connectivity index (χ1) is 13.6. The van der Waals surface area contributed by atoms with Crippen molar-refractivity contribution >= 4 is 29.1 Å². The monoisotopic (exact) mass is 379 g/mol. The molecule has 7 heteroatoms. The van der Waals surface area contributed by atoms with E-state index in [0.29, 0.717) is 5.82 Å². The maximum Gasteiger partial charge on any atom is 0.253 e. The predicted molar refractivity (Wildman–Crippen MR) is 107 cm³/mol. The third kappa shape index (κ3) is 2.85. The number of hydrogen-bond acceptors (Lipinski definition) is 4. The number of anilines is 3. The summed E-state index contributed by atoms with van der Waals surface area (Å²) in [6.45, 7) is 2.38. The highest BCUT2D eigenvalue weighted by molar-refractivity contribution is 5.97. The number of nitrogens with zero attached hydrogens (tertiary/aromatic N) is 4. The van der Waals surface area contributed by atoms with Crippen molar-refractivity contribution in [2.24, 2.45) is 5.92 Å². The molecule has 146 valence electrons. The highest BCUT2D eigenvalue weighted by atomic mass is 16.2. The zero-order valence-electron chi connectivity index (χ0n) is 16.1. The molecule has 3 heterocycles. The van der Waals surface area contributed by atoms with Crippen LogP contribution >= 0.6 is 0 Å². The van der Waals surface area contributed by atoms with E-state index in [9.17, 15) is 9.59 Å². The molecule has 1 aromatic heterocycles. The van der Waals surface area contributed by atoms with Gasteiger partial charge in [0.25, 0.3) is 5.91 Å². The Morgan fingerprint density at radius 2 is 1.96 bits per heavy atom. The Morgan fingerprint density at radius 3 is 2.79 bits per heavy atom. The van der Waals surface area contributed by atoms with Crippen LogP contribution in [0.3, 0.4) is 0 Å². The molecular formula is C21H25N5O2. The first kappa shape index (κ1) is 17.3. The second-order valence-electron chi connectivity index (χ2n) is 8.05. The van der Waals surface area contributed by atoms with E-state index < -0.39 is 0 Å². The van der Waals surface area contributed by atoms with Crippen LogP contribution in [0.5, 0.6) is 0 Å². The number of nitrogens with one attached hydrogen (secondary N) is 1. The Bertz CT molecular complexity index is 944. The Hall–Kier alpha value is -2.83. The van der Waals surface area contributed by atoms with Crippen LogP contribution in [-0.2, 0) is 17.8 Å². The molecular weight excluding hydrogens is 354 g/mol. The van der Waals surface area contributed by atoms with Crippen LogP contribution in [0, 0.1) is 5.92 Å². The lowest BCUT2D eigenvalue weighted by Gasteiger charge is -2.26. The van der Waals surface area contributed by atoms with Gasteiger partial charge in [-0.15, -0.1) is 0 Å². The summed E-state index contributed by atoms with van der Waals surface area (Å²) in [5.74, 6) is 1.93. The van der Waals surface area contributed by atoms with Crippen molar-refractivity contribution in [3.63, 3.8) is 0 Å². The molecule has 0 saturated heterocycles. The molecule has 7 nitrogen and oxygen atoms in total. The second-order valence-corrected chi connectivity index (χ2v) is 8.05. The van der Waals surface area contributed by atoms with Crippen LogP contribution in [-0.4, -0.2) is 46.6 Å². The van der Waals surface area contributed by atoms with Crippen LogP contribution in [0.4, 0.5) is 17.3 Å². The van der Waals surface area contributed by atoms with Crippen LogP contribution in [0.25, 0.3) is 0 Å². The summed E-state index contributed by atoms with van der Waals surface area (Å²) in [7, 11) is 1.85. The topological polar surface area (TPSA) is 70.5 Å². The lowest BCUT2D eigenvalue weighted by Crippen LogP contribution is -2.34. The number of rotatable bonds is 3. The van der Waals surface area contributed by atoms with E-state index in [4.69, 9.17) is 0 Å². The van der Waals surface area contributed by atoms with Gasteiger partial charge >= 0.3 is 0 Å². The van der Waals surface area contributed by atoms with E-state index in [1.165, 1.54) is 0 Å². The molecule has 0 atom stereocenters. The summed E-state index contributed by atoms with van der Waals surface area (Å²) < 4.78 is 1.95. The number of carbonyl (C=O) groups is 2. The van der Waals surface area contributed by atoms with Gasteiger partial charge in [0.15, 0.2) is 5.82 Å². The van der Waals surface area contributed by atoms with E-state index in [1.807, 2.05) is 29.9 Å². The highest BCUT2D eigenvalue weighted by Crippen LogP contribution is 2.34. The molecule has 0 radical (unpaired) electrons. The van der Waals surface area contributed by atoms with Crippen LogP contribution in [0.2, 0.25) is 0 Å². The third-order valence-electron chi connectivity index (χ3n) is 6.24. The van der Waals surface area contributed by atoms with E-state index in [1.54, 1.807) is 4.90 Å². The fourth-order valence-corrected chi connectivity index (χ4v) is 4.60. The Kier molecular flexibility index (Phi) is 4.10. The second kappa shape index (κ2) is 6.65. The van der Waals surface area contributed by atoms with E-state index in [0.717, 1.165) is 74.4 Å². The number of benzene rings is 1. The van der Waals surface area contributed by atoms with Gasteiger partial charge in [-0.25, -0.2) is 4.68 Å². The molecule has 0 unspecified atom stereocenters. The zero-order chi connectivity index (χ0) is 19.3. The molecule has 1 saturated carbocycles. The SMILES string of the molecule is CN1CCc2cc(N3CCn4nc(NC(=O)C5CCCC5)cc43)ccc2C1=O. The molecule has 28 heavy (non-hydrogen) atoms. The number of fused-ring (bicyclic) bond motifs is 2. The van der Waals surface area contributed by atoms with Crippen LogP contribution < -0.4 is 10.2 Å². The number of hydrogen-bond donors (Lipinski definition) is 1. The summed E-state index contributed by atoms with van der Waals surface area (Å²) in [5, 5.41) is 7.57. The zero-order valence-corrected chi connectivity index (χ0v) is 16.1. The minimum Gasteiger partial charge on any atom is -0.341 e. The minimum absolute atomic E-state index is 0.0937. The molecule has 5 rings (SSSR count). The van der Waals surface area contributed by atoms with Crippen molar-refractivity contribution in [2.75, 3.05) is 30.4 Å². The first-order valence-electron chi connectivity index (χ1n) is 10.1. The number of aromatic nitrogens is 2. The molecule has 1 aromatic carbocycles. The Balaban J connectivity index is 1.37. The first-order valence-corrected chi connectivity index (χ1v) is 10.1. The molecule has 2 amide bonds. The van der Waals surface area contributed by atoms with Gasteiger partial charge in [-0.05, 0) is 43.0 Å².